The zero-order chi connectivity index (χ0) is 20.3. The van der Waals surface area contributed by atoms with Gasteiger partial charge in [-0.3, -0.25) is 4.99 Å². The summed E-state index contributed by atoms with van der Waals surface area (Å²) in [6.07, 6.45) is 2.72. The van der Waals surface area contributed by atoms with Crippen molar-refractivity contribution in [3.63, 3.8) is 0 Å². The van der Waals surface area contributed by atoms with Crippen LogP contribution in [-0.4, -0.2) is 68.8 Å². The first-order chi connectivity index (χ1) is 14.3. The predicted octanol–water partition coefficient (Wildman–Crippen LogP) is 2.65. The van der Waals surface area contributed by atoms with Crippen molar-refractivity contribution in [2.75, 3.05) is 57.9 Å². The maximum atomic E-state index is 5.78. The monoisotopic (exact) mass is 397 g/mol. The summed E-state index contributed by atoms with van der Waals surface area (Å²) < 4.78 is 10.9. The smallest absolute Gasteiger partial charge is 0.194 e. The van der Waals surface area contributed by atoms with E-state index >= 15 is 0 Å². The lowest BCUT2D eigenvalue weighted by Gasteiger charge is -2.37. The van der Waals surface area contributed by atoms with Crippen LogP contribution in [0.2, 0.25) is 0 Å². The van der Waals surface area contributed by atoms with E-state index < -0.39 is 0 Å². The molecular weight excluding hydrogens is 366 g/mol. The number of piperazine rings is 1. The number of anilines is 1. The standard InChI is InChI=1S/C22H31N5O2/c1-3-23-22(25-13-6-18-29-20-10-8-19(28-2)9-11-20)27-16-14-26(15-17-27)21-7-4-5-12-24-21/h4-5,7-12H,3,6,13-18H2,1-2H3,(H,23,25). The number of methoxy groups -OCH3 is 1. The maximum absolute atomic E-state index is 5.78. The Bertz CT molecular complexity index is 744. The fourth-order valence-electron chi connectivity index (χ4n) is 3.23. The van der Waals surface area contributed by atoms with E-state index in [1.165, 1.54) is 0 Å². The van der Waals surface area contributed by atoms with Gasteiger partial charge in [0.25, 0.3) is 0 Å². The molecule has 1 aromatic carbocycles. The van der Waals surface area contributed by atoms with Crippen LogP contribution in [0.5, 0.6) is 11.5 Å². The molecule has 1 fully saturated rings. The average molecular weight is 398 g/mol. The molecule has 0 saturated carbocycles. The van der Waals surface area contributed by atoms with Gasteiger partial charge in [0.05, 0.1) is 13.7 Å². The van der Waals surface area contributed by atoms with Gasteiger partial charge in [0.1, 0.15) is 17.3 Å². The largest absolute Gasteiger partial charge is 0.497 e. The molecule has 1 aliphatic heterocycles. The number of nitrogens with one attached hydrogen (secondary N) is 1. The number of hydrogen-bond donors (Lipinski definition) is 1. The fourth-order valence-corrected chi connectivity index (χ4v) is 3.23. The van der Waals surface area contributed by atoms with Gasteiger partial charge in [-0.2, -0.15) is 0 Å². The highest BCUT2D eigenvalue weighted by atomic mass is 16.5. The molecule has 29 heavy (non-hydrogen) atoms. The van der Waals surface area contributed by atoms with Gasteiger partial charge in [-0.1, -0.05) is 6.07 Å². The number of aromatic nitrogens is 1. The van der Waals surface area contributed by atoms with Crippen LogP contribution in [-0.2, 0) is 0 Å². The van der Waals surface area contributed by atoms with Crippen LogP contribution in [0, 0.1) is 0 Å². The Balaban J connectivity index is 1.43. The van der Waals surface area contributed by atoms with Gasteiger partial charge in [0, 0.05) is 51.9 Å². The molecule has 1 aromatic heterocycles. The van der Waals surface area contributed by atoms with Crippen LogP contribution in [0.4, 0.5) is 5.82 Å². The first kappa shape index (κ1) is 20.8. The highest BCUT2D eigenvalue weighted by molar-refractivity contribution is 5.80. The number of benzene rings is 1. The summed E-state index contributed by atoms with van der Waals surface area (Å²) in [5, 5.41) is 3.42. The van der Waals surface area contributed by atoms with Gasteiger partial charge < -0.3 is 24.6 Å². The summed E-state index contributed by atoms with van der Waals surface area (Å²) in [4.78, 5) is 13.9. The number of rotatable bonds is 8. The van der Waals surface area contributed by atoms with E-state index in [4.69, 9.17) is 14.5 Å². The van der Waals surface area contributed by atoms with Gasteiger partial charge in [0.2, 0.25) is 0 Å². The topological polar surface area (TPSA) is 62.2 Å². The first-order valence-electron chi connectivity index (χ1n) is 10.3. The molecular formula is C22H31N5O2. The van der Waals surface area contributed by atoms with Gasteiger partial charge in [-0.15, -0.1) is 0 Å². The van der Waals surface area contributed by atoms with E-state index in [1.807, 2.05) is 42.6 Å². The van der Waals surface area contributed by atoms with Crippen molar-refractivity contribution >= 4 is 11.8 Å². The van der Waals surface area contributed by atoms with Crippen molar-refractivity contribution in [3.8, 4) is 11.5 Å². The van der Waals surface area contributed by atoms with Gasteiger partial charge in [-0.25, -0.2) is 4.98 Å². The Morgan fingerprint density at radius 1 is 1.07 bits per heavy atom. The molecule has 1 aliphatic rings. The fraction of sp³-hybridized carbons (Fsp3) is 0.455. The molecule has 0 amide bonds. The second-order valence-corrected chi connectivity index (χ2v) is 6.78. The van der Waals surface area contributed by atoms with Crippen LogP contribution >= 0.6 is 0 Å². The van der Waals surface area contributed by atoms with Crippen molar-refractivity contribution in [3.05, 3.63) is 48.7 Å². The zero-order valence-corrected chi connectivity index (χ0v) is 17.4. The Morgan fingerprint density at radius 2 is 1.83 bits per heavy atom. The Labute approximate surface area is 173 Å². The third-order valence-electron chi connectivity index (χ3n) is 4.78. The van der Waals surface area contributed by atoms with Crippen molar-refractivity contribution < 1.29 is 9.47 Å². The summed E-state index contributed by atoms with van der Waals surface area (Å²) in [5.74, 6) is 3.72. The lowest BCUT2D eigenvalue weighted by atomic mass is 10.3. The lowest BCUT2D eigenvalue weighted by molar-refractivity contribution is 0.312. The third kappa shape index (κ3) is 6.27. The Morgan fingerprint density at radius 3 is 2.48 bits per heavy atom. The molecule has 0 aliphatic carbocycles. The van der Waals surface area contributed by atoms with E-state index in [9.17, 15) is 0 Å². The third-order valence-corrected chi connectivity index (χ3v) is 4.78. The molecule has 0 bridgehead atoms. The SMILES string of the molecule is CCNC(=NCCCOc1ccc(OC)cc1)N1CCN(c2ccccn2)CC1. The quantitative estimate of drug-likeness (QED) is 0.420. The van der Waals surface area contributed by atoms with Crippen molar-refractivity contribution in [2.24, 2.45) is 4.99 Å². The predicted molar refractivity (Wildman–Crippen MR) is 117 cm³/mol. The van der Waals surface area contributed by atoms with Crippen LogP contribution < -0.4 is 19.7 Å². The van der Waals surface area contributed by atoms with Gasteiger partial charge in [0.15, 0.2) is 5.96 Å². The number of guanidine groups is 1. The lowest BCUT2D eigenvalue weighted by Crippen LogP contribution is -2.52. The Hall–Kier alpha value is -2.96. The minimum absolute atomic E-state index is 0.642. The summed E-state index contributed by atoms with van der Waals surface area (Å²) in [6, 6.07) is 13.7. The van der Waals surface area contributed by atoms with Crippen molar-refractivity contribution in [1.29, 1.82) is 0 Å². The summed E-state index contributed by atoms with van der Waals surface area (Å²) in [7, 11) is 1.66. The van der Waals surface area contributed by atoms with Crippen molar-refractivity contribution in [1.82, 2.24) is 15.2 Å². The minimum atomic E-state index is 0.642. The molecule has 3 rings (SSSR count). The first-order valence-corrected chi connectivity index (χ1v) is 10.3. The van der Waals surface area contributed by atoms with Crippen LogP contribution in [0.25, 0.3) is 0 Å². The zero-order valence-electron chi connectivity index (χ0n) is 17.4. The highest BCUT2D eigenvalue weighted by Gasteiger charge is 2.20. The summed E-state index contributed by atoms with van der Waals surface area (Å²) in [5.41, 5.74) is 0. The van der Waals surface area contributed by atoms with E-state index in [2.05, 4.69) is 33.1 Å². The van der Waals surface area contributed by atoms with Crippen molar-refractivity contribution in [2.45, 2.75) is 13.3 Å². The van der Waals surface area contributed by atoms with E-state index in [1.54, 1.807) is 7.11 Å². The molecule has 156 valence electrons. The molecule has 2 heterocycles. The molecule has 0 spiro atoms. The molecule has 7 heteroatoms. The molecule has 0 radical (unpaired) electrons. The minimum Gasteiger partial charge on any atom is -0.497 e. The molecule has 7 nitrogen and oxygen atoms in total. The average Bonchev–Trinajstić information content (AvgIpc) is 2.79. The van der Waals surface area contributed by atoms with E-state index in [0.717, 1.165) is 69.0 Å². The molecule has 1 saturated heterocycles. The van der Waals surface area contributed by atoms with E-state index in [0.29, 0.717) is 6.61 Å². The molecule has 0 unspecified atom stereocenters. The number of pyridine rings is 1. The molecule has 1 N–H and O–H groups in total. The van der Waals surface area contributed by atoms with Crippen LogP contribution in [0.15, 0.2) is 53.7 Å². The molecule has 0 atom stereocenters. The Kier molecular flexibility index (Phi) is 7.98. The number of nitrogens with zero attached hydrogens (tertiary/aromatic N) is 4. The van der Waals surface area contributed by atoms with Crippen LogP contribution in [0.1, 0.15) is 13.3 Å². The summed E-state index contributed by atoms with van der Waals surface area (Å²) >= 11 is 0. The number of ether oxygens (including phenoxy) is 2. The maximum Gasteiger partial charge on any atom is 0.194 e. The highest BCUT2D eigenvalue weighted by Crippen LogP contribution is 2.17. The summed E-state index contributed by atoms with van der Waals surface area (Å²) in [6.45, 7) is 8.11. The van der Waals surface area contributed by atoms with Crippen LogP contribution in [0.3, 0.4) is 0 Å². The van der Waals surface area contributed by atoms with E-state index in [-0.39, 0.29) is 0 Å². The number of aliphatic imine (C=N–C) groups is 1. The molecule has 2 aromatic rings. The normalized spacial score (nSPS) is 14.6. The second-order valence-electron chi connectivity index (χ2n) is 6.78. The second kappa shape index (κ2) is 11.1. The van der Waals surface area contributed by atoms with Gasteiger partial charge >= 0.3 is 0 Å². The number of hydrogen-bond acceptors (Lipinski definition) is 5. The van der Waals surface area contributed by atoms with Gasteiger partial charge in [-0.05, 0) is 43.3 Å².